The highest BCUT2D eigenvalue weighted by atomic mass is 35.5. The van der Waals surface area contributed by atoms with Gasteiger partial charge in [0.15, 0.2) is 0 Å². The first-order valence-corrected chi connectivity index (χ1v) is 10.8. The number of ether oxygens (including phenoxy) is 1. The van der Waals surface area contributed by atoms with E-state index in [9.17, 15) is 0 Å². The first-order valence-electron chi connectivity index (χ1n) is 10.4. The van der Waals surface area contributed by atoms with Gasteiger partial charge in [-0.25, -0.2) is 4.98 Å². The molecule has 1 atom stereocenters. The Morgan fingerprint density at radius 3 is 2.34 bits per heavy atom. The molecule has 1 heterocycles. The van der Waals surface area contributed by atoms with Crippen molar-refractivity contribution in [2.24, 2.45) is 11.5 Å². The molecule has 1 aromatic heterocycles. The lowest BCUT2D eigenvalue weighted by Crippen LogP contribution is -2.39. The van der Waals surface area contributed by atoms with Crippen molar-refractivity contribution in [3.8, 4) is 5.75 Å². The molecule has 0 radical (unpaired) electrons. The number of aromatic nitrogens is 1. The Labute approximate surface area is 178 Å². The zero-order chi connectivity index (χ0) is 21.2. The average Bonchev–Trinajstić information content (AvgIpc) is 2.71. The molecule has 4 nitrogen and oxygen atoms in total. The third-order valence-electron chi connectivity index (χ3n) is 6.29. The topological polar surface area (TPSA) is 74.2 Å². The molecule has 3 aromatic rings. The van der Waals surface area contributed by atoms with E-state index in [-0.39, 0.29) is 5.54 Å². The number of nitrogens with zero attached hydrogens (tertiary/aromatic N) is 1. The highest BCUT2D eigenvalue weighted by molar-refractivity contribution is 6.31. The molecule has 0 aliphatic rings. The van der Waals surface area contributed by atoms with Gasteiger partial charge >= 0.3 is 0 Å². The zero-order valence-corrected chi connectivity index (χ0v) is 18.6. The van der Waals surface area contributed by atoms with Crippen molar-refractivity contribution >= 4 is 33.4 Å². The van der Waals surface area contributed by atoms with E-state index in [1.807, 2.05) is 36.4 Å². The maximum Gasteiger partial charge on any atom is 0.119 e. The predicted octanol–water partition coefficient (Wildman–Crippen LogP) is 5.91. The van der Waals surface area contributed by atoms with Crippen LogP contribution in [0.25, 0.3) is 21.8 Å². The second-order valence-electron chi connectivity index (χ2n) is 8.37. The van der Waals surface area contributed by atoms with Gasteiger partial charge in [0.25, 0.3) is 0 Å². The van der Waals surface area contributed by atoms with E-state index in [1.165, 1.54) is 0 Å². The molecule has 5 heteroatoms. The van der Waals surface area contributed by atoms with Crippen molar-refractivity contribution in [3.05, 3.63) is 47.0 Å². The largest absolute Gasteiger partial charge is 0.497 e. The van der Waals surface area contributed by atoms with Gasteiger partial charge in [-0.3, -0.25) is 0 Å². The third kappa shape index (κ3) is 4.50. The lowest BCUT2D eigenvalue weighted by atomic mass is 9.80. The molecular weight excluding hydrogens is 382 g/mol. The molecule has 29 heavy (non-hydrogen) atoms. The maximum absolute atomic E-state index is 6.97. The van der Waals surface area contributed by atoms with Crippen LogP contribution < -0.4 is 16.2 Å². The fourth-order valence-electron chi connectivity index (χ4n) is 4.17. The van der Waals surface area contributed by atoms with Gasteiger partial charge in [0, 0.05) is 26.9 Å². The van der Waals surface area contributed by atoms with Crippen LogP contribution in [0, 0.1) is 0 Å². The molecule has 4 N–H and O–H groups in total. The van der Waals surface area contributed by atoms with Gasteiger partial charge in [-0.1, -0.05) is 31.5 Å². The van der Waals surface area contributed by atoms with Crippen LogP contribution in [0.4, 0.5) is 0 Å². The van der Waals surface area contributed by atoms with Crippen molar-refractivity contribution in [2.45, 2.75) is 64.0 Å². The first kappa shape index (κ1) is 21.8. The van der Waals surface area contributed by atoms with E-state index in [2.05, 4.69) is 20.8 Å². The minimum atomic E-state index is -0.540. The molecule has 0 saturated heterocycles. The van der Waals surface area contributed by atoms with Gasteiger partial charge in [-0.2, -0.15) is 0 Å². The van der Waals surface area contributed by atoms with Gasteiger partial charge in [-0.15, -0.1) is 0 Å². The number of fused-ring (bicyclic) bond motifs is 2. The first-order chi connectivity index (χ1) is 13.7. The van der Waals surface area contributed by atoms with Crippen molar-refractivity contribution in [1.82, 2.24) is 4.98 Å². The predicted molar refractivity (Wildman–Crippen MR) is 124 cm³/mol. The number of hydrogen-bond donors (Lipinski definition) is 2. The number of rotatable bonds is 8. The highest BCUT2D eigenvalue weighted by Gasteiger charge is 2.28. The fourth-order valence-corrected chi connectivity index (χ4v) is 4.34. The summed E-state index contributed by atoms with van der Waals surface area (Å²) in [6.45, 7) is 6.42. The Morgan fingerprint density at radius 1 is 0.966 bits per heavy atom. The Balaban J connectivity index is 2.10. The lowest BCUT2D eigenvalue weighted by molar-refractivity contribution is 0.328. The second kappa shape index (κ2) is 8.47. The van der Waals surface area contributed by atoms with Crippen LogP contribution in [0.2, 0.25) is 5.02 Å². The van der Waals surface area contributed by atoms with Crippen molar-refractivity contribution < 1.29 is 4.74 Å². The zero-order valence-electron chi connectivity index (χ0n) is 17.9. The Morgan fingerprint density at radius 2 is 1.69 bits per heavy atom. The van der Waals surface area contributed by atoms with Crippen LogP contribution in [0.15, 0.2) is 36.4 Å². The Bertz CT molecular complexity index is 1010. The summed E-state index contributed by atoms with van der Waals surface area (Å²) in [6, 6.07) is 11.8. The number of hydrogen-bond acceptors (Lipinski definition) is 4. The van der Waals surface area contributed by atoms with Crippen molar-refractivity contribution in [3.63, 3.8) is 0 Å². The molecule has 0 fully saturated rings. The quantitative estimate of drug-likeness (QED) is 0.450. The monoisotopic (exact) mass is 413 g/mol. The number of nitrogens with two attached hydrogens (primary N) is 2. The molecule has 0 saturated carbocycles. The van der Waals surface area contributed by atoms with E-state index in [0.717, 1.165) is 65.2 Å². The third-order valence-corrected chi connectivity index (χ3v) is 6.53. The van der Waals surface area contributed by atoms with Gasteiger partial charge in [-0.05, 0) is 74.9 Å². The minimum Gasteiger partial charge on any atom is -0.497 e. The molecule has 0 spiro atoms. The second-order valence-corrected chi connectivity index (χ2v) is 8.81. The normalized spacial score (nSPS) is 14.3. The summed E-state index contributed by atoms with van der Waals surface area (Å²) in [7, 11) is 1.67. The van der Waals surface area contributed by atoms with E-state index in [0.29, 0.717) is 5.02 Å². The summed E-state index contributed by atoms with van der Waals surface area (Å²) in [5, 5.41) is 2.72. The van der Waals surface area contributed by atoms with Gasteiger partial charge in [0.05, 0.1) is 18.1 Å². The van der Waals surface area contributed by atoms with Crippen LogP contribution in [-0.4, -0.2) is 17.6 Å². The van der Waals surface area contributed by atoms with E-state index < -0.39 is 5.54 Å². The molecule has 1 unspecified atom stereocenters. The summed E-state index contributed by atoms with van der Waals surface area (Å²) in [4.78, 5) is 4.82. The Hall–Kier alpha value is -1.88. The maximum atomic E-state index is 6.97. The fraction of sp³-hybridized carbons (Fsp3) is 0.458. The molecule has 0 aliphatic heterocycles. The number of pyridine rings is 1. The SMILES string of the molecule is CCC(N)(CC)CCCC(C)(N)c1c2ccc(Cl)cc2nc2ccc(OC)cc12. The molecule has 0 bridgehead atoms. The van der Waals surface area contributed by atoms with E-state index in [4.69, 9.17) is 32.8 Å². The molecule has 0 aliphatic carbocycles. The molecule has 3 rings (SSSR count). The summed E-state index contributed by atoms with van der Waals surface area (Å²) in [5.74, 6) is 0.794. The van der Waals surface area contributed by atoms with Crippen LogP contribution in [-0.2, 0) is 5.54 Å². The van der Waals surface area contributed by atoms with E-state index in [1.54, 1.807) is 7.11 Å². The van der Waals surface area contributed by atoms with Crippen LogP contribution >= 0.6 is 11.6 Å². The van der Waals surface area contributed by atoms with Gasteiger partial charge in [0.1, 0.15) is 5.75 Å². The summed E-state index contributed by atoms with van der Waals surface area (Å²) in [5.41, 5.74) is 15.7. The molecule has 156 valence electrons. The van der Waals surface area contributed by atoms with Crippen LogP contribution in [0.1, 0.15) is 58.4 Å². The summed E-state index contributed by atoms with van der Waals surface area (Å²) in [6.07, 6.45) is 4.71. The Kier molecular flexibility index (Phi) is 6.37. The number of methoxy groups -OCH3 is 1. The number of benzene rings is 2. The van der Waals surface area contributed by atoms with Crippen molar-refractivity contribution in [2.75, 3.05) is 7.11 Å². The molecule has 2 aromatic carbocycles. The van der Waals surface area contributed by atoms with Gasteiger partial charge < -0.3 is 16.2 Å². The van der Waals surface area contributed by atoms with E-state index >= 15 is 0 Å². The molecular formula is C24H32ClN3O. The minimum absolute atomic E-state index is 0.116. The summed E-state index contributed by atoms with van der Waals surface area (Å²) >= 11 is 6.24. The number of halogens is 1. The highest BCUT2D eigenvalue weighted by Crippen LogP contribution is 2.38. The average molecular weight is 414 g/mol. The van der Waals surface area contributed by atoms with Crippen molar-refractivity contribution in [1.29, 1.82) is 0 Å². The smallest absolute Gasteiger partial charge is 0.119 e. The van der Waals surface area contributed by atoms with Gasteiger partial charge in [0.2, 0.25) is 0 Å². The standard InChI is InChI=1S/C24H32ClN3O/c1-5-24(27,6-2)13-7-12-23(3,26)22-18-10-8-16(25)14-21(18)28-20-11-9-17(29-4)15-19(20)22/h8-11,14-15H,5-7,12-13,26-27H2,1-4H3. The van der Waals surface area contributed by atoms with Crippen LogP contribution in [0.5, 0.6) is 5.75 Å². The lowest BCUT2D eigenvalue weighted by Gasteiger charge is -2.31. The summed E-state index contributed by atoms with van der Waals surface area (Å²) < 4.78 is 5.47. The molecule has 0 amide bonds. The van der Waals surface area contributed by atoms with Crippen LogP contribution in [0.3, 0.4) is 0 Å².